The molecule has 94 valence electrons. The molecule has 1 aliphatic rings. The first-order valence-corrected chi connectivity index (χ1v) is 6.32. The number of aliphatic hydroxyl groups is 1. The van der Waals surface area contributed by atoms with Crippen LogP contribution in [0.2, 0.25) is 0 Å². The largest absolute Gasteiger partial charge is 0.395 e. The van der Waals surface area contributed by atoms with Crippen LogP contribution in [0.25, 0.3) is 0 Å². The molecule has 2 heterocycles. The van der Waals surface area contributed by atoms with E-state index in [0.29, 0.717) is 6.54 Å². The van der Waals surface area contributed by atoms with E-state index in [1.165, 1.54) is 25.7 Å². The van der Waals surface area contributed by atoms with Gasteiger partial charge < -0.3 is 15.3 Å². The predicted octanol–water partition coefficient (Wildman–Crippen LogP) is 1.26. The molecule has 1 aromatic rings. The molecule has 0 saturated carbocycles. The monoisotopic (exact) mass is 236 g/mol. The van der Waals surface area contributed by atoms with Gasteiger partial charge in [-0.2, -0.15) is 0 Å². The zero-order valence-electron chi connectivity index (χ0n) is 10.1. The van der Waals surface area contributed by atoms with Crippen LogP contribution >= 0.6 is 0 Å². The fourth-order valence-corrected chi connectivity index (χ4v) is 2.10. The lowest BCUT2D eigenvalue weighted by Gasteiger charge is -2.21. The van der Waals surface area contributed by atoms with Gasteiger partial charge in [-0.3, -0.25) is 0 Å². The van der Waals surface area contributed by atoms with Crippen molar-refractivity contribution in [1.82, 2.24) is 9.97 Å². The van der Waals surface area contributed by atoms with Crippen molar-refractivity contribution in [3.05, 3.63) is 12.4 Å². The van der Waals surface area contributed by atoms with E-state index in [0.717, 1.165) is 24.7 Å². The molecule has 0 spiro atoms. The molecule has 0 bridgehead atoms. The van der Waals surface area contributed by atoms with Crippen molar-refractivity contribution in [2.45, 2.75) is 25.7 Å². The minimum absolute atomic E-state index is 0.114. The van der Waals surface area contributed by atoms with Crippen molar-refractivity contribution >= 4 is 11.6 Å². The van der Waals surface area contributed by atoms with Crippen LogP contribution in [0.4, 0.5) is 11.6 Å². The van der Waals surface area contributed by atoms with Gasteiger partial charge in [-0.25, -0.2) is 9.97 Å². The summed E-state index contributed by atoms with van der Waals surface area (Å²) < 4.78 is 0. The summed E-state index contributed by atoms with van der Waals surface area (Å²) in [4.78, 5) is 10.8. The third-order valence-electron chi connectivity index (χ3n) is 3.00. The standard InChI is InChI=1S/C12H20N4O/c17-8-5-13-11-9-12(15-10-14-11)16-6-3-1-2-4-7-16/h9-10,17H,1-8H2,(H,13,14,15). The Kier molecular flexibility index (Phi) is 4.55. The van der Waals surface area contributed by atoms with Gasteiger partial charge in [0.25, 0.3) is 0 Å². The van der Waals surface area contributed by atoms with Gasteiger partial charge in [0.1, 0.15) is 18.0 Å². The van der Waals surface area contributed by atoms with Gasteiger partial charge in [0, 0.05) is 25.7 Å². The molecule has 0 amide bonds. The molecule has 0 atom stereocenters. The Bertz CT molecular complexity index is 337. The van der Waals surface area contributed by atoms with E-state index in [2.05, 4.69) is 20.2 Å². The maximum Gasteiger partial charge on any atom is 0.134 e. The van der Waals surface area contributed by atoms with Gasteiger partial charge >= 0.3 is 0 Å². The summed E-state index contributed by atoms with van der Waals surface area (Å²) in [5.74, 6) is 1.77. The van der Waals surface area contributed by atoms with Crippen LogP contribution in [0.5, 0.6) is 0 Å². The number of rotatable bonds is 4. The van der Waals surface area contributed by atoms with Gasteiger partial charge in [0.05, 0.1) is 6.61 Å². The first-order chi connectivity index (χ1) is 8.40. The fraction of sp³-hybridized carbons (Fsp3) is 0.667. The Hall–Kier alpha value is -1.36. The summed E-state index contributed by atoms with van der Waals surface area (Å²) in [6, 6.07) is 1.96. The Morgan fingerprint density at radius 3 is 2.65 bits per heavy atom. The van der Waals surface area contributed by atoms with Crippen molar-refractivity contribution in [2.75, 3.05) is 36.5 Å². The zero-order valence-corrected chi connectivity index (χ0v) is 10.1. The lowest BCUT2D eigenvalue weighted by atomic mass is 10.2. The Labute approximate surface area is 102 Å². The molecule has 2 rings (SSSR count). The third kappa shape index (κ3) is 3.56. The van der Waals surface area contributed by atoms with E-state index < -0.39 is 0 Å². The summed E-state index contributed by atoms with van der Waals surface area (Å²) in [6.07, 6.45) is 6.70. The molecule has 1 aromatic heterocycles. The van der Waals surface area contributed by atoms with Crippen LogP contribution in [0.15, 0.2) is 12.4 Å². The number of nitrogens with one attached hydrogen (secondary N) is 1. The van der Waals surface area contributed by atoms with Crippen LogP contribution in [-0.4, -0.2) is 41.3 Å². The quantitative estimate of drug-likeness (QED) is 0.824. The fourth-order valence-electron chi connectivity index (χ4n) is 2.10. The number of hydrogen-bond acceptors (Lipinski definition) is 5. The maximum atomic E-state index is 8.77. The Morgan fingerprint density at radius 2 is 1.94 bits per heavy atom. The molecule has 0 aromatic carbocycles. The van der Waals surface area contributed by atoms with E-state index in [1.807, 2.05) is 6.07 Å². The van der Waals surface area contributed by atoms with Crippen molar-refractivity contribution in [3.63, 3.8) is 0 Å². The van der Waals surface area contributed by atoms with E-state index in [1.54, 1.807) is 6.33 Å². The highest BCUT2D eigenvalue weighted by atomic mass is 16.3. The number of nitrogens with zero attached hydrogens (tertiary/aromatic N) is 3. The van der Waals surface area contributed by atoms with E-state index in [4.69, 9.17) is 5.11 Å². The van der Waals surface area contributed by atoms with Crippen LogP contribution in [-0.2, 0) is 0 Å². The summed E-state index contributed by atoms with van der Waals surface area (Å²) in [5, 5.41) is 11.8. The summed E-state index contributed by atoms with van der Waals surface area (Å²) in [5.41, 5.74) is 0. The van der Waals surface area contributed by atoms with Crippen LogP contribution < -0.4 is 10.2 Å². The van der Waals surface area contributed by atoms with Crippen molar-refractivity contribution in [2.24, 2.45) is 0 Å². The van der Waals surface area contributed by atoms with E-state index >= 15 is 0 Å². The molecule has 2 N–H and O–H groups in total. The van der Waals surface area contributed by atoms with Gasteiger partial charge in [0.2, 0.25) is 0 Å². The summed E-state index contributed by atoms with van der Waals surface area (Å²) in [7, 11) is 0. The highest BCUT2D eigenvalue weighted by molar-refractivity contribution is 5.48. The SMILES string of the molecule is OCCNc1cc(N2CCCCCC2)ncn1. The molecular formula is C12H20N4O. The highest BCUT2D eigenvalue weighted by Crippen LogP contribution is 2.18. The van der Waals surface area contributed by atoms with Gasteiger partial charge in [0.15, 0.2) is 0 Å². The Morgan fingerprint density at radius 1 is 1.18 bits per heavy atom. The van der Waals surface area contributed by atoms with Crippen LogP contribution in [0.1, 0.15) is 25.7 Å². The molecule has 1 fully saturated rings. The molecular weight excluding hydrogens is 216 g/mol. The molecule has 0 radical (unpaired) electrons. The van der Waals surface area contributed by atoms with E-state index in [-0.39, 0.29) is 6.61 Å². The lowest BCUT2D eigenvalue weighted by Crippen LogP contribution is -2.25. The summed E-state index contributed by atoms with van der Waals surface area (Å²) in [6.45, 7) is 2.80. The molecule has 5 nitrogen and oxygen atoms in total. The van der Waals surface area contributed by atoms with Crippen LogP contribution in [0.3, 0.4) is 0 Å². The minimum atomic E-state index is 0.114. The van der Waals surface area contributed by atoms with Crippen molar-refractivity contribution in [1.29, 1.82) is 0 Å². The highest BCUT2D eigenvalue weighted by Gasteiger charge is 2.11. The molecule has 0 aliphatic carbocycles. The first-order valence-electron chi connectivity index (χ1n) is 6.32. The molecule has 5 heteroatoms. The van der Waals surface area contributed by atoms with Gasteiger partial charge in [-0.15, -0.1) is 0 Å². The minimum Gasteiger partial charge on any atom is -0.395 e. The smallest absolute Gasteiger partial charge is 0.134 e. The van der Waals surface area contributed by atoms with Crippen LogP contribution in [0, 0.1) is 0 Å². The average Bonchev–Trinajstić information content (AvgIpc) is 2.65. The lowest BCUT2D eigenvalue weighted by molar-refractivity contribution is 0.311. The predicted molar refractivity (Wildman–Crippen MR) is 68.3 cm³/mol. The number of aromatic nitrogens is 2. The average molecular weight is 236 g/mol. The van der Waals surface area contributed by atoms with Gasteiger partial charge in [-0.1, -0.05) is 12.8 Å². The van der Waals surface area contributed by atoms with E-state index in [9.17, 15) is 0 Å². The second-order valence-electron chi connectivity index (χ2n) is 4.31. The number of hydrogen-bond donors (Lipinski definition) is 2. The number of anilines is 2. The first kappa shape index (κ1) is 12.1. The maximum absolute atomic E-state index is 8.77. The second-order valence-corrected chi connectivity index (χ2v) is 4.31. The molecule has 17 heavy (non-hydrogen) atoms. The molecule has 1 saturated heterocycles. The third-order valence-corrected chi connectivity index (χ3v) is 3.00. The topological polar surface area (TPSA) is 61.3 Å². The molecule has 0 unspecified atom stereocenters. The summed E-state index contributed by atoms with van der Waals surface area (Å²) >= 11 is 0. The van der Waals surface area contributed by atoms with Crippen molar-refractivity contribution < 1.29 is 5.11 Å². The Balaban J connectivity index is 2.03. The number of aliphatic hydroxyl groups excluding tert-OH is 1. The van der Waals surface area contributed by atoms with Crippen molar-refractivity contribution in [3.8, 4) is 0 Å². The van der Waals surface area contributed by atoms with Gasteiger partial charge in [-0.05, 0) is 12.8 Å². The zero-order chi connectivity index (χ0) is 11.9. The molecule has 1 aliphatic heterocycles. The second kappa shape index (κ2) is 6.39. The normalized spacial score (nSPS) is 16.6.